The van der Waals surface area contributed by atoms with Gasteiger partial charge in [-0.15, -0.1) is 11.3 Å². The molecule has 0 radical (unpaired) electrons. The number of nitrogens with zero attached hydrogens (tertiary/aromatic N) is 2. The summed E-state index contributed by atoms with van der Waals surface area (Å²) in [7, 11) is -3.08. The van der Waals surface area contributed by atoms with Gasteiger partial charge in [0, 0.05) is 30.4 Å². The molecule has 1 aromatic heterocycles. The zero-order valence-corrected chi connectivity index (χ0v) is 14.8. The largest absolute Gasteiger partial charge is 0.301 e. The van der Waals surface area contributed by atoms with E-state index < -0.39 is 10.0 Å². The van der Waals surface area contributed by atoms with Crippen LogP contribution < -0.4 is 4.72 Å². The molecule has 0 amide bonds. The minimum atomic E-state index is -3.08. The molecule has 7 heteroatoms. The molecular weight excluding hydrogens is 318 g/mol. The fourth-order valence-electron chi connectivity index (χ4n) is 3.40. The highest BCUT2D eigenvalue weighted by atomic mass is 32.2. The van der Waals surface area contributed by atoms with Crippen molar-refractivity contribution in [2.75, 3.05) is 32.4 Å². The molecular formula is C15H25N3O2S2. The number of thiazole rings is 1. The number of nitrogens with one attached hydrogen (secondary N) is 1. The summed E-state index contributed by atoms with van der Waals surface area (Å²) in [6, 6.07) is 0. The molecule has 1 aliphatic carbocycles. The molecule has 3 rings (SSSR count). The van der Waals surface area contributed by atoms with E-state index in [4.69, 9.17) is 4.98 Å². The van der Waals surface area contributed by atoms with Gasteiger partial charge in [-0.1, -0.05) is 0 Å². The van der Waals surface area contributed by atoms with Gasteiger partial charge in [0.1, 0.15) is 0 Å². The Balaban J connectivity index is 1.57. The van der Waals surface area contributed by atoms with Crippen molar-refractivity contribution in [2.24, 2.45) is 0 Å². The number of hydrogen-bond acceptors (Lipinski definition) is 5. The van der Waals surface area contributed by atoms with Crippen LogP contribution in [0, 0.1) is 0 Å². The van der Waals surface area contributed by atoms with E-state index in [1.54, 1.807) is 0 Å². The molecule has 5 nitrogen and oxygen atoms in total. The summed E-state index contributed by atoms with van der Waals surface area (Å²) in [5.41, 5.74) is 1.35. The smallest absolute Gasteiger partial charge is 0.208 e. The zero-order chi connectivity index (χ0) is 15.6. The number of fused-ring (bicyclic) bond motifs is 1. The van der Waals surface area contributed by atoms with Crippen LogP contribution in [-0.2, 0) is 22.9 Å². The molecule has 0 unspecified atom stereocenters. The molecule has 1 atom stereocenters. The third-order valence-electron chi connectivity index (χ3n) is 4.51. The topological polar surface area (TPSA) is 62.3 Å². The summed E-state index contributed by atoms with van der Waals surface area (Å²) in [6.45, 7) is 3.36. The van der Waals surface area contributed by atoms with E-state index in [0.29, 0.717) is 12.5 Å². The Morgan fingerprint density at radius 2 is 2.14 bits per heavy atom. The first-order valence-corrected chi connectivity index (χ1v) is 10.9. The average molecular weight is 344 g/mol. The third-order valence-corrected chi connectivity index (χ3v) is 6.56. The van der Waals surface area contributed by atoms with Crippen LogP contribution in [0.4, 0.5) is 0 Å². The van der Waals surface area contributed by atoms with Gasteiger partial charge in [0.05, 0.1) is 17.0 Å². The molecule has 1 aromatic rings. The minimum Gasteiger partial charge on any atom is -0.301 e. The second kappa shape index (κ2) is 6.95. The maximum Gasteiger partial charge on any atom is 0.208 e. The van der Waals surface area contributed by atoms with E-state index in [2.05, 4.69) is 9.62 Å². The number of hydrogen-bond donors (Lipinski definition) is 1. The van der Waals surface area contributed by atoms with E-state index in [0.717, 1.165) is 26.1 Å². The molecule has 1 aliphatic heterocycles. The fraction of sp³-hybridized carbons (Fsp3) is 0.800. The summed E-state index contributed by atoms with van der Waals surface area (Å²) in [5.74, 6) is 0.530. The first-order valence-electron chi connectivity index (χ1n) is 8.17. The van der Waals surface area contributed by atoms with Crippen molar-refractivity contribution in [2.45, 2.75) is 44.4 Å². The lowest BCUT2D eigenvalue weighted by Crippen LogP contribution is -2.39. The Bertz CT molecular complexity index is 589. The first kappa shape index (κ1) is 16.4. The van der Waals surface area contributed by atoms with E-state index in [1.165, 1.54) is 53.9 Å². The zero-order valence-electron chi connectivity index (χ0n) is 13.2. The van der Waals surface area contributed by atoms with Gasteiger partial charge >= 0.3 is 0 Å². The van der Waals surface area contributed by atoms with Crippen LogP contribution in [0.1, 0.15) is 47.2 Å². The molecule has 0 saturated carbocycles. The second-order valence-electron chi connectivity index (χ2n) is 6.44. The second-order valence-corrected chi connectivity index (χ2v) is 9.38. The first-order chi connectivity index (χ1) is 10.5. The monoisotopic (exact) mass is 343 g/mol. The van der Waals surface area contributed by atoms with Gasteiger partial charge in [0.25, 0.3) is 0 Å². The van der Waals surface area contributed by atoms with Crippen LogP contribution in [0.2, 0.25) is 0 Å². The van der Waals surface area contributed by atoms with Crippen LogP contribution >= 0.6 is 11.3 Å². The molecule has 1 saturated heterocycles. The maximum absolute atomic E-state index is 11.1. The van der Waals surface area contributed by atoms with Gasteiger partial charge in [-0.25, -0.2) is 18.1 Å². The Morgan fingerprint density at radius 3 is 2.91 bits per heavy atom. The quantitative estimate of drug-likeness (QED) is 0.885. The summed E-state index contributed by atoms with van der Waals surface area (Å²) in [5, 5.41) is 1.31. The van der Waals surface area contributed by atoms with Crippen LogP contribution in [0.3, 0.4) is 0 Å². The summed E-state index contributed by atoms with van der Waals surface area (Å²) in [6.07, 6.45) is 8.55. The standard InChI is InChI=1S/C15H25N3O2S2/c1-22(19,20)16-8-10-18-9-4-5-12(11-18)15-17-13-6-2-3-7-14(13)21-15/h12,16H,2-11H2,1H3/t12-/m0/s1. The van der Waals surface area contributed by atoms with E-state index in [9.17, 15) is 8.42 Å². The van der Waals surface area contributed by atoms with Crippen LogP contribution in [-0.4, -0.2) is 50.7 Å². The van der Waals surface area contributed by atoms with Crippen molar-refractivity contribution in [3.05, 3.63) is 15.6 Å². The molecule has 0 bridgehead atoms. The average Bonchev–Trinajstić information content (AvgIpc) is 2.90. The van der Waals surface area contributed by atoms with Gasteiger partial charge in [0.15, 0.2) is 0 Å². The lowest BCUT2D eigenvalue weighted by molar-refractivity contribution is 0.211. The molecule has 0 aromatic carbocycles. The summed E-state index contributed by atoms with van der Waals surface area (Å²) < 4.78 is 24.8. The third kappa shape index (κ3) is 4.28. The Labute approximate surface area is 137 Å². The van der Waals surface area contributed by atoms with Crippen molar-refractivity contribution >= 4 is 21.4 Å². The molecule has 2 heterocycles. The Kier molecular flexibility index (Phi) is 5.17. The highest BCUT2D eigenvalue weighted by Gasteiger charge is 2.25. The van der Waals surface area contributed by atoms with Gasteiger partial charge < -0.3 is 4.90 Å². The molecule has 2 aliphatic rings. The molecule has 0 spiro atoms. The van der Waals surface area contributed by atoms with Crippen molar-refractivity contribution in [1.29, 1.82) is 0 Å². The lowest BCUT2D eigenvalue weighted by Gasteiger charge is -2.31. The lowest BCUT2D eigenvalue weighted by atomic mass is 9.98. The van der Waals surface area contributed by atoms with Gasteiger partial charge in [0.2, 0.25) is 10.0 Å². The predicted molar refractivity (Wildman–Crippen MR) is 90.0 cm³/mol. The van der Waals surface area contributed by atoms with Gasteiger partial charge in [-0.3, -0.25) is 0 Å². The number of rotatable bonds is 5. The van der Waals surface area contributed by atoms with Crippen molar-refractivity contribution < 1.29 is 8.42 Å². The maximum atomic E-state index is 11.1. The Hall–Kier alpha value is -0.500. The number of piperidine rings is 1. The molecule has 1 N–H and O–H groups in total. The van der Waals surface area contributed by atoms with E-state index in [-0.39, 0.29) is 0 Å². The SMILES string of the molecule is CS(=O)(=O)NCCN1CCC[C@H](c2nc3c(s2)CCCC3)C1. The van der Waals surface area contributed by atoms with E-state index in [1.807, 2.05) is 11.3 Å². The number of aryl methyl sites for hydroxylation is 2. The highest BCUT2D eigenvalue weighted by Crippen LogP contribution is 2.34. The summed E-state index contributed by atoms with van der Waals surface area (Å²) >= 11 is 1.92. The molecule has 124 valence electrons. The minimum absolute atomic E-state index is 0.500. The molecule has 22 heavy (non-hydrogen) atoms. The Morgan fingerprint density at radius 1 is 1.32 bits per heavy atom. The van der Waals surface area contributed by atoms with Gasteiger partial charge in [-0.05, 0) is 45.1 Å². The number of aromatic nitrogens is 1. The van der Waals surface area contributed by atoms with Gasteiger partial charge in [-0.2, -0.15) is 0 Å². The fourth-order valence-corrected chi connectivity index (χ4v) is 5.14. The predicted octanol–water partition coefficient (Wildman–Crippen LogP) is 1.75. The number of likely N-dealkylation sites (tertiary alicyclic amines) is 1. The van der Waals surface area contributed by atoms with Crippen LogP contribution in [0.15, 0.2) is 0 Å². The van der Waals surface area contributed by atoms with Crippen molar-refractivity contribution in [3.63, 3.8) is 0 Å². The normalized spacial score (nSPS) is 23.4. The summed E-state index contributed by atoms with van der Waals surface area (Å²) in [4.78, 5) is 8.79. The van der Waals surface area contributed by atoms with Crippen molar-refractivity contribution in [1.82, 2.24) is 14.6 Å². The van der Waals surface area contributed by atoms with Crippen LogP contribution in [0.25, 0.3) is 0 Å². The number of sulfonamides is 1. The molecule has 1 fully saturated rings. The van der Waals surface area contributed by atoms with E-state index >= 15 is 0 Å². The van der Waals surface area contributed by atoms with Crippen molar-refractivity contribution in [3.8, 4) is 0 Å². The van der Waals surface area contributed by atoms with Crippen LogP contribution in [0.5, 0.6) is 0 Å². The highest BCUT2D eigenvalue weighted by molar-refractivity contribution is 7.88.